The minimum Gasteiger partial charge on any atom is -0.383 e. The van der Waals surface area contributed by atoms with Gasteiger partial charge in [0.2, 0.25) is 0 Å². The summed E-state index contributed by atoms with van der Waals surface area (Å²) in [6, 6.07) is 5.96. The molecule has 0 aliphatic rings. The predicted molar refractivity (Wildman–Crippen MR) is 83.4 cm³/mol. The van der Waals surface area contributed by atoms with Crippen LogP contribution in [0.4, 0.5) is 0 Å². The zero-order chi connectivity index (χ0) is 15.2. The molecule has 1 amide bonds. The molecule has 3 N–H and O–H groups in total. The van der Waals surface area contributed by atoms with Crippen LogP contribution in [0.15, 0.2) is 35.1 Å². The average molecular weight is 353 g/mol. The van der Waals surface area contributed by atoms with E-state index in [9.17, 15) is 4.79 Å². The van der Waals surface area contributed by atoms with Crippen LogP contribution in [0.3, 0.4) is 0 Å². The van der Waals surface area contributed by atoms with Crippen molar-refractivity contribution < 1.29 is 9.53 Å². The average Bonchev–Trinajstić information content (AvgIpc) is 2.93. The van der Waals surface area contributed by atoms with Crippen molar-refractivity contribution in [2.75, 3.05) is 20.3 Å². The summed E-state index contributed by atoms with van der Waals surface area (Å²) in [7, 11) is 1.68. The van der Waals surface area contributed by atoms with E-state index in [4.69, 9.17) is 10.5 Å². The molecule has 21 heavy (non-hydrogen) atoms. The molecule has 0 radical (unpaired) electrons. The summed E-state index contributed by atoms with van der Waals surface area (Å²) in [4.78, 5) is 11.1. The lowest BCUT2D eigenvalue weighted by molar-refractivity contribution is 0.100. The van der Waals surface area contributed by atoms with E-state index in [0.29, 0.717) is 12.2 Å². The number of amides is 1. The number of rotatable bonds is 7. The van der Waals surface area contributed by atoms with Crippen molar-refractivity contribution in [2.24, 2.45) is 5.73 Å². The Morgan fingerprint density at radius 3 is 2.95 bits per heavy atom. The highest BCUT2D eigenvalue weighted by Crippen LogP contribution is 2.22. The molecule has 1 aromatic heterocycles. The van der Waals surface area contributed by atoms with Crippen LogP contribution in [0.5, 0.6) is 0 Å². The Morgan fingerprint density at radius 2 is 2.33 bits per heavy atom. The van der Waals surface area contributed by atoms with E-state index in [0.717, 1.165) is 28.8 Å². The minimum absolute atomic E-state index is 0.382. The van der Waals surface area contributed by atoms with Gasteiger partial charge in [0.25, 0.3) is 5.91 Å². The molecule has 0 saturated carbocycles. The van der Waals surface area contributed by atoms with Gasteiger partial charge in [-0.05, 0) is 33.6 Å². The predicted octanol–water partition coefficient (Wildman–Crippen LogP) is 1.47. The topological polar surface area (TPSA) is 82.2 Å². The maximum Gasteiger partial charge on any atom is 0.251 e. The number of carbonyl (C=O) groups excluding carboxylic acids is 1. The Bertz CT molecular complexity index is 627. The number of carbonyl (C=O) groups is 1. The van der Waals surface area contributed by atoms with Crippen molar-refractivity contribution in [3.8, 4) is 5.69 Å². The Kier molecular flexibility index (Phi) is 5.49. The molecule has 7 heteroatoms. The van der Waals surface area contributed by atoms with Crippen molar-refractivity contribution in [2.45, 2.75) is 6.54 Å². The van der Waals surface area contributed by atoms with Gasteiger partial charge in [0.15, 0.2) is 0 Å². The molecule has 0 saturated heterocycles. The van der Waals surface area contributed by atoms with Gasteiger partial charge < -0.3 is 15.8 Å². The Morgan fingerprint density at radius 1 is 1.52 bits per heavy atom. The lowest BCUT2D eigenvalue weighted by Gasteiger charge is -2.08. The molecule has 0 bridgehead atoms. The minimum atomic E-state index is -0.490. The first-order chi connectivity index (χ1) is 10.1. The summed E-state index contributed by atoms with van der Waals surface area (Å²) in [5.41, 5.74) is 7.60. The summed E-state index contributed by atoms with van der Waals surface area (Å²) >= 11 is 3.52. The number of nitrogens with zero attached hydrogens (tertiary/aromatic N) is 2. The lowest BCUT2D eigenvalue weighted by atomic mass is 10.2. The van der Waals surface area contributed by atoms with Crippen molar-refractivity contribution >= 4 is 21.8 Å². The molecule has 1 aromatic carbocycles. The third-order valence-electron chi connectivity index (χ3n) is 2.94. The van der Waals surface area contributed by atoms with Crippen molar-refractivity contribution in [3.63, 3.8) is 0 Å². The Labute approximate surface area is 131 Å². The Balaban J connectivity index is 2.09. The van der Waals surface area contributed by atoms with E-state index >= 15 is 0 Å². The number of primary amides is 1. The molecule has 0 fully saturated rings. The molecule has 0 aliphatic carbocycles. The monoisotopic (exact) mass is 352 g/mol. The second-order valence-electron chi connectivity index (χ2n) is 4.49. The van der Waals surface area contributed by atoms with Crippen molar-refractivity contribution in [1.82, 2.24) is 15.1 Å². The normalized spacial score (nSPS) is 10.8. The maximum absolute atomic E-state index is 11.1. The zero-order valence-electron chi connectivity index (χ0n) is 11.7. The van der Waals surface area contributed by atoms with E-state index in [1.165, 1.54) is 6.20 Å². The van der Waals surface area contributed by atoms with E-state index < -0.39 is 5.91 Å². The van der Waals surface area contributed by atoms with Crippen LogP contribution in [0.25, 0.3) is 5.69 Å². The standard InChI is InChI=1S/C14H17BrN4O2/c1-21-5-4-17-7-10-2-3-13(12(15)6-10)19-9-11(8-18-19)14(16)20/h2-3,6,8-9,17H,4-5,7H2,1H3,(H2,16,20). The smallest absolute Gasteiger partial charge is 0.251 e. The van der Waals surface area contributed by atoms with Crippen molar-refractivity contribution in [1.29, 1.82) is 0 Å². The number of hydrogen-bond acceptors (Lipinski definition) is 4. The van der Waals surface area contributed by atoms with Gasteiger partial charge in [-0.15, -0.1) is 0 Å². The number of hydrogen-bond donors (Lipinski definition) is 2. The van der Waals surface area contributed by atoms with Gasteiger partial charge in [-0.3, -0.25) is 4.79 Å². The van der Waals surface area contributed by atoms with Crippen LogP contribution in [0, 0.1) is 0 Å². The highest BCUT2D eigenvalue weighted by atomic mass is 79.9. The molecule has 1 heterocycles. The number of ether oxygens (including phenoxy) is 1. The number of nitrogens with one attached hydrogen (secondary N) is 1. The maximum atomic E-state index is 11.1. The SMILES string of the molecule is COCCNCc1ccc(-n2cc(C(N)=O)cn2)c(Br)c1. The molecule has 0 aliphatic heterocycles. The van der Waals surface area contributed by atoms with Gasteiger partial charge in [-0.25, -0.2) is 4.68 Å². The molecular formula is C14H17BrN4O2. The van der Waals surface area contributed by atoms with Gasteiger partial charge in [0.1, 0.15) is 0 Å². The third kappa shape index (κ3) is 4.13. The molecule has 0 spiro atoms. The lowest BCUT2D eigenvalue weighted by Crippen LogP contribution is -2.18. The van der Waals surface area contributed by atoms with Crippen LogP contribution < -0.4 is 11.1 Å². The number of methoxy groups -OCH3 is 1. The molecule has 0 unspecified atom stereocenters. The largest absolute Gasteiger partial charge is 0.383 e. The van der Waals surface area contributed by atoms with Crippen LogP contribution in [-0.4, -0.2) is 35.9 Å². The summed E-state index contributed by atoms with van der Waals surface area (Å²) < 4.78 is 7.49. The van der Waals surface area contributed by atoms with Gasteiger partial charge in [0, 0.05) is 30.9 Å². The first-order valence-electron chi connectivity index (χ1n) is 6.44. The van der Waals surface area contributed by atoms with Gasteiger partial charge in [0.05, 0.1) is 24.1 Å². The Hall–Kier alpha value is -1.70. The third-order valence-corrected chi connectivity index (χ3v) is 3.57. The van der Waals surface area contributed by atoms with Crippen LogP contribution in [-0.2, 0) is 11.3 Å². The first kappa shape index (κ1) is 15.7. The fourth-order valence-corrected chi connectivity index (χ4v) is 2.44. The van der Waals surface area contributed by atoms with Gasteiger partial charge >= 0.3 is 0 Å². The van der Waals surface area contributed by atoms with E-state index in [1.807, 2.05) is 18.2 Å². The van der Waals surface area contributed by atoms with E-state index in [-0.39, 0.29) is 0 Å². The van der Waals surface area contributed by atoms with Crippen LogP contribution in [0.1, 0.15) is 15.9 Å². The van der Waals surface area contributed by atoms with E-state index in [2.05, 4.69) is 26.3 Å². The molecule has 112 valence electrons. The summed E-state index contributed by atoms with van der Waals surface area (Å²) in [5.74, 6) is -0.490. The molecular weight excluding hydrogens is 336 g/mol. The quantitative estimate of drug-likeness (QED) is 0.739. The van der Waals surface area contributed by atoms with E-state index in [1.54, 1.807) is 18.0 Å². The number of nitrogens with two attached hydrogens (primary N) is 1. The summed E-state index contributed by atoms with van der Waals surface area (Å²) in [6.07, 6.45) is 3.06. The van der Waals surface area contributed by atoms with Gasteiger partial charge in [-0.2, -0.15) is 5.10 Å². The first-order valence-corrected chi connectivity index (χ1v) is 7.24. The van der Waals surface area contributed by atoms with Crippen LogP contribution >= 0.6 is 15.9 Å². The fraction of sp³-hybridized carbons (Fsp3) is 0.286. The number of aromatic nitrogens is 2. The summed E-state index contributed by atoms with van der Waals surface area (Å²) in [5, 5.41) is 7.42. The highest BCUT2D eigenvalue weighted by molar-refractivity contribution is 9.10. The summed E-state index contributed by atoms with van der Waals surface area (Å²) in [6.45, 7) is 2.24. The number of halogens is 1. The molecule has 2 aromatic rings. The number of benzene rings is 1. The molecule has 2 rings (SSSR count). The van der Waals surface area contributed by atoms with Gasteiger partial charge in [-0.1, -0.05) is 6.07 Å². The molecule has 0 atom stereocenters. The zero-order valence-corrected chi connectivity index (χ0v) is 13.3. The fourth-order valence-electron chi connectivity index (χ4n) is 1.83. The highest BCUT2D eigenvalue weighted by Gasteiger charge is 2.08. The van der Waals surface area contributed by atoms with Crippen molar-refractivity contribution in [3.05, 3.63) is 46.2 Å². The second-order valence-corrected chi connectivity index (χ2v) is 5.35. The molecule has 6 nitrogen and oxygen atoms in total. The second kappa shape index (κ2) is 7.35. The van der Waals surface area contributed by atoms with Crippen LogP contribution in [0.2, 0.25) is 0 Å².